The lowest BCUT2D eigenvalue weighted by Gasteiger charge is -2.15. The third kappa shape index (κ3) is 6.70. The average molecular weight is 411 g/mol. The van der Waals surface area contributed by atoms with Crippen LogP contribution >= 0.6 is 0 Å². The predicted octanol–water partition coefficient (Wildman–Crippen LogP) is 3.34. The van der Waals surface area contributed by atoms with Crippen molar-refractivity contribution in [3.05, 3.63) is 59.4 Å². The van der Waals surface area contributed by atoms with Crippen LogP contribution in [0.25, 0.3) is 0 Å². The largest absolute Gasteiger partial charge is 0.493 e. The zero-order valence-electron chi connectivity index (χ0n) is 15.8. The van der Waals surface area contributed by atoms with Gasteiger partial charge in [-0.3, -0.25) is 4.79 Å². The Kier molecular flexibility index (Phi) is 7.88. The highest BCUT2D eigenvalue weighted by molar-refractivity contribution is 5.92. The number of rotatable bonds is 9. The monoisotopic (exact) mass is 411 g/mol. The summed E-state index contributed by atoms with van der Waals surface area (Å²) in [5.41, 5.74) is 0.851. The van der Waals surface area contributed by atoms with Crippen LogP contribution in [0.2, 0.25) is 0 Å². The molecule has 1 amide bonds. The number of nitrogens with one attached hydrogen (secondary N) is 1. The summed E-state index contributed by atoms with van der Waals surface area (Å²) in [5.74, 6) is -1.98. The number of methoxy groups -OCH3 is 1. The van der Waals surface area contributed by atoms with Crippen LogP contribution in [0.15, 0.2) is 42.5 Å². The second-order valence-electron chi connectivity index (χ2n) is 5.96. The van der Waals surface area contributed by atoms with Gasteiger partial charge in [0.15, 0.2) is 17.6 Å². The molecule has 2 rings (SSSR count). The standard InChI is InChI=1S/C20H20F3NO5/c1-12(18(25)24-10-9-13-3-6-15(21)7-4-13)28-19(26)14-5-8-16(29-20(22)23)17(11-14)27-2/h3-8,11-12,20H,9-10H2,1-2H3,(H,24,25)/t12-/m1/s1. The van der Waals surface area contributed by atoms with E-state index >= 15 is 0 Å². The minimum Gasteiger partial charge on any atom is -0.493 e. The minimum absolute atomic E-state index is 0.00873. The van der Waals surface area contributed by atoms with Crippen LogP contribution in [0.3, 0.4) is 0 Å². The lowest BCUT2D eigenvalue weighted by molar-refractivity contribution is -0.129. The van der Waals surface area contributed by atoms with Gasteiger partial charge < -0.3 is 19.5 Å². The summed E-state index contributed by atoms with van der Waals surface area (Å²) < 4.78 is 51.9. The molecule has 0 aliphatic rings. The van der Waals surface area contributed by atoms with E-state index in [1.54, 1.807) is 12.1 Å². The molecule has 1 N–H and O–H groups in total. The molecule has 0 unspecified atom stereocenters. The molecule has 0 spiro atoms. The molecule has 0 heterocycles. The lowest BCUT2D eigenvalue weighted by atomic mass is 10.1. The van der Waals surface area contributed by atoms with E-state index in [9.17, 15) is 22.8 Å². The van der Waals surface area contributed by atoms with Gasteiger partial charge in [0, 0.05) is 6.54 Å². The van der Waals surface area contributed by atoms with Gasteiger partial charge in [0.05, 0.1) is 12.7 Å². The van der Waals surface area contributed by atoms with E-state index < -0.39 is 24.6 Å². The highest BCUT2D eigenvalue weighted by Gasteiger charge is 2.20. The maximum absolute atomic E-state index is 12.9. The molecule has 0 fully saturated rings. The summed E-state index contributed by atoms with van der Waals surface area (Å²) in [6.45, 7) is -1.36. The number of hydrogen-bond donors (Lipinski definition) is 1. The Morgan fingerprint density at radius 1 is 1.07 bits per heavy atom. The number of amides is 1. The first-order valence-corrected chi connectivity index (χ1v) is 8.66. The van der Waals surface area contributed by atoms with Crippen molar-refractivity contribution in [2.45, 2.75) is 26.1 Å². The fourth-order valence-electron chi connectivity index (χ4n) is 2.39. The van der Waals surface area contributed by atoms with Crippen LogP contribution < -0.4 is 14.8 Å². The summed E-state index contributed by atoms with van der Waals surface area (Å²) in [7, 11) is 1.24. The second-order valence-corrected chi connectivity index (χ2v) is 5.96. The highest BCUT2D eigenvalue weighted by Crippen LogP contribution is 2.29. The van der Waals surface area contributed by atoms with Crippen molar-refractivity contribution < 1.29 is 37.0 Å². The number of carbonyl (C=O) groups is 2. The van der Waals surface area contributed by atoms with E-state index in [1.807, 2.05) is 0 Å². The molecule has 6 nitrogen and oxygen atoms in total. The van der Waals surface area contributed by atoms with Gasteiger partial charge in [-0.15, -0.1) is 0 Å². The molecule has 0 aliphatic carbocycles. The Balaban J connectivity index is 1.88. The zero-order valence-corrected chi connectivity index (χ0v) is 15.8. The molecule has 0 bridgehead atoms. The maximum atomic E-state index is 12.9. The predicted molar refractivity (Wildman–Crippen MR) is 97.6 cm³/mol. The first kappa shape index (κ1) is 22.1. The molecule has 156 valence electrons. The van der Waals surface area contributed by atoms with Crippen LogP contribution in [-0.4, -0.2) is 38.2 Å². The van der Waals surface area contributed by atoms with Gasteiger partial charge in [-0.1, -0.05) is 12.1 Å². The van der Waals surface area contributed by atoms with Crippen LogP contribution in [-0.2, 0) is 16.0 Å². The van der Waals surface area contributed by atoms with Gasteiger partial charge in [0.1, 0.15) is 5.82 Å². The SMILES string of the molecule is COc1cc(C(=O)O[C@H](C)C(=O)NCCc2ccc(F)cc2)ccc1OC(F)F. The highest BCUT2D eigenvalue weighted by atomic mass is 19.3. The fraction of sp³-hybridized carbons (Fsp3) is 0.300. The van der Waals surface area contributed by atoms with Crippen LogP contribution in [0, 0.1) is 5.82 Å². The third-order valence-electron chi connectivity index (χ3n) is 3.89. The van der Waals surface area contributed by atoms with Crippen molar-refractivity contribution in [1.29, 1.82) is 0 Å². The van der Waals surface area contributed by atoms with Crippen LogP contribution in [0.4, 0.5) is 13.2 Å². The van der Waals surface area contributed by atoms with E-state index in [1.165, 1.54) is 38.3 Å². The van der Waals surface area contributed by atoms with Crippen molar-refractivity contribution in [2.24, 2.45) is 0 Å². The summed E-state index contributed by atoms with van der Waals surface area (Å²) in [5, 5.41) is 2.62. The number of hydrogen-bond acceptors (Lipinski definition) is 5. The van der Waals surface area contributed by atoms with E-state index in [-0.39, 0.29) is 29.4 Å². The van der Waals surface area contributed by atoms with Crippen molar-refractivity contribution in [3.8, 4) is 11.5 Å². The van der Waals surface area contributed by atoms with E-state index in [4.69, 9.17) is 9.47 Å². The van der Waals surface area contributed by atoms with Gasteiger partial charge in [0.25, 0.3) is 5.91 Å². The second kappa shape index (κ2) is 10.4. The Bertz CT molecular complexity index is 843. The molecule has 1 atom stereocenters. The molecule has 29 heavy (non-hydrogen) atoms. The molecule has 2 aromatic carbocycles. The summed E-state index contributed by atoms with van der Waals surface area (Å²) >= 11 is 0. The number of carbonyl (C=O) groups excluding carboxylic acids is 2. The zero-order chi connectivity index (χ0) is 21.4. The maximum Gasteiger partial charge on any atom is 0.387 e. The smallest absolute Gasteiger partial charge is 0.387 e. The normalized spacial score (nSPS) is 11.7. The molecule has 0 aliphatic heterocycles. The number of alkyl halides is 2. The number of ether oxygens (including phenoxy) is 3. The molecule has 9 heteroatoms. The first-order chi connectivity index (χ1) is 13.8. The molecule has 0 saturated heterocycles. The van der Waals surface area contributed by atoms with E-state index in [0.29, 0.717) is 6.42 Å². The molecule has 0 aromatic heterocycles. The molecular weight excluding hydrogens is 391 g/mol. The van der Waals surface area contributed by atoms with E-state index in [0.717, 1.165) is 11.6 Å². The first-order valence-electron chi connectivity index (χ1n) is 8.66. The summed E-state index contributed by atoms with van der Waals surface area (Å²) in [4.78, 5) is 24.3. The van der Waals surface area contributed by atoms with Gasteiger partial charge in [-0.25, -0.2) is 9.18 Å². The van der Waals surface area contributed by atoms with Gasteiger partial charge in [-0.2, -0.15) is 8.78 Å². The van der Waals surface area contributed by atoms with Crippen molar-refractivity contribution in [1.82, 2.24) is 5.32 Å². The summed E-state index contributed by atoms with van der Waals surface area (Å²) in [6.07, 6.45) is -0.603. The minimum atomic E-state index is -3.04. The van der Waals surface area contributed by atoms with Gasteiger partial charge in [0.2, 0.25) is 0 Å². The topological polar surface area (TPSA) is 73.9 Å². The summed E-state index contributed by atoms with van der Waals surface area (Å²) in [6, 6.07) is 9.43. The van der Waals surface area contributed by atoms with Crippen molar-refractivity contribution in [2.75, 3.05) is 13.7 Å². The van der Waals surface area contributed by atoms with Crippen LogP contribution in [0.5, 0.6) is 11.5 Å². The van der Waals surface area contributed by atoms with Crippen LogP contribution in [0.1, 0.15) is 22.8 Å². The quantitative estimate of drug-likeness (QED) is 0.641. The van der Waals surface area contributed by atoms with E-state index in [2.05, 4.69) is 10.1 Å². The number of esters is 1. The Morgan fingerprint density at radius 3 is 2.38 bits per heavy atom. The fourth-order valence-corrected chi connectivity index (χ4v) is 2.39. The van der Waals surface area contributed by atoms with Crippen molar-refractivity contribution >= 4 is 11.9 Å². The average Bonchev–Trinajstić information content (AvgIpc) is 2.69. The van der Waals surface area contributed by atoms with Gasteiger partial charge in [-0.05, 0) is 49.2 Å². The number of halogens is 3. The number of benzene rings is 2. The third-order valence-corrected chi connectivity index (χ3v) is 3.89. The Labute approximate surface area is 165 Å². The molecular formula is C20H20F3NO5. The van der Waals surface area contributed by atoms with Crippen molar-refractivity contribution in [3.63, 3.8) is 0 Å². The lowest BCUT2D eigenvalue weighted by Crippen LogP contribution is -2.36. The molecule has 0 radical (unpaired) electrons. The Morgan fingerprint density at radius 2 is 1.76 bits per heavy atom. The molecule has 2 aromatic rings. The van der Waals surface area contributed by atoms with Gasteiger partial charge >= 0.3 is 12.6 Å². The molecule has 0 saturated carbocycles. The Hall–Kier alpha value is -3.23.